The Morgan fingerprint density at radius 1 is 1.27 bits per heavy atom. The van der Waals surface area contributed by atoms with Gasteiger partial charge in [-0.1, -0.05) is 53.2 Å². The van der Waals surface area contributed by atoms with Gasteiger partial charge in [0.05, 0.1) is 44.5 Å². The highest BCUT2D eigenvalue weighted by molar-refractivity contribution is 6.60. The van der Waals surface area contributed by atoms with E-state index >= 15 is 0 Å². The van der Waals surface area contributed by atoms with Crippen LogP contribution in [0.3, 0.4) is 0 Å². The molecule has 0 saturated carbocycles. The maximum atomic E-state index is 9.01. The molecule has 1 aliphatic rings. The molecular formula is C23H38N7O2Si. The van der Waals surface area contributed by atoms with Crippen molar-refractivity contribution in [1.29, 1.82) is 5.41 Å². The van der Waals surface area contributed by atoms with Crippen LogP contribution in [0.2, 0.25) is 11.6 Å². The molecule has 1 aliphatic heterocycles. The summed E-state index contributed by atoms with van der Waals surface area (Å²) >= 11 is 0. The summed E-state index contributed by atoms with van der Waals surface area (Å²) in [6.45, 7) is 19.0. The summed E-state index contributed by atoms with van der Waals surface area (Å²) in [7, 11) is -0.578. The zero-order valence-electron chi connectivity index (χ0n) is 21.2. The third kappa shape index (κ3) is 5.78. The molecule has 33 heavy (non-hydrogen) atoms. The van der Waals surface area contributed by atoms with Crippen molar-refractivity contribution in [2.24, 2.45) is 5.16 Å². The number of hydrogen-bond acceptors (Lipinski definition) is 8. The van der Waals surface area contributed by atoms with E-state index in [0.717, 1.165) is 42.8 Å². The average Bonchev–Trinajstić information content (AvgIpc) is 3.36. The van der Waals surface area contributed by atoms with E-state index in [2.05, 4.69) is 63.2 Å². The number of rotatable bonds is 7. The zero-order chi connectivity index (χ0) is 24.6. The summed E-state index contributed by atoms with van der Waals surface area (Å²) in [5, 5.41) is 26.0. The van der Waals surface area contributed by atoms with Crippen LogP contribution >= 0.6 is 0 Å². The van der Waals surface area contributed by atoms with Crippen molar-refractivity contribution in [3.63, 3.8) is 0 Å². The number of fused-ring (bicyclic) bond motifs is 1. The highest BCUT2D eigenvalue weighted by Crippen LogP contribution is 2.32. The lowest BCUT2D eigenvalue weighted by Gasteiger charge is -2.27. The van der Waals surface area contributed by atoms with Crippen LogP contribution in [0, 0.1) is 5.41 Å². The van der Waals surface area contributed by atoms with Crippen LogP contribution < -0.4 is 4.90 Å². The van der Waals surface area contributed by atoms with Crippen molar-refractivity contribution in [3.8, 4) is 0 Å². The Labute approximate surface area is 198 Å². The topological polar surface area (TPSA) is 113 Å². The molecule has 2 N–H and O–H groups in total. The molecule has 2 aromatic rings. The molecule has 181 valence electrons. The molecule has 1 fully saturated rings. The second kappa shape index (κ2) is 9.50. The Kier molecular flexibility index (Phi) is 7.28. The predicted octanol–water partition coefficient (Wildman–Crippen LogP) is 4.05. The molecule has 1 saturated heterocycles. The average molecular weight is 473 g/mol. The van der Waals surface area contributed by atoms with E-state index in [1.54, 1.807) is 17.8 Å². The Balaban J connectivity index is 1.89. The van der Waals surface area contributed by atoms with Crippen molar-refractivity contribution in [3.05, 3.63) is 12.0 Å². The number of oxime groups is 1. The van der Waals surface area contributed by atoms with Gasteiger partial charge in [-0.2, -0.15) is 5.10 Å². The molecule has 0 aliphatic carbocycles. The summed E-state index contributed by atoms with van der Waals surface area (Å²) in [5.74, 6) is 1.61. The van der Waals surface area contributed by atoms with Gasteiger partial charge in [-0.15, -0.1) is 0 Å². The minimum atomic E-state index is -0.578. The van der Waals surface area contributed by atoms with E-state index in [1.165, 1.54) is 0 Å². The minimum absolute atomic E-state index is 0.180. The SMILES string of the molecule is C/C(=N/O)C(=N)Cn1ncc2c(N3CC[C@H](OC[Si](C)C(C)(C)C)C3)nc(C(C)(C)C)nc21. The van der Waals surface area contributed by atoms with Crippen molar-refractivity contribution in [2.45, 2.75) is 84.5 Å². The molecule has 3 rings (SSSR count). The fourth-order valence-corrected chi connectivity index (χ4v) is 4.39. The zero-order valence-corrected chi connectivity index (χ0v) is 22.2. The number of anilines is 1. The largest absolute Gasteiger partial charge is 0.411 e. The summed E-state index contributed by atoms with van der Waals surface area (Å²) in [5.41, 5.74) is 0.897. The van der Waals surface area contributed by atoms with E-state index < -0.39 is 8.80 Å². The van der Waals surface area contributed by atoms with Gasteiger partial charge in [-0.3, -0.25) is 0 Å². The van der Waals surface area contributed by atoms with Gasteiger partial charge in [0.25, 0.3) is 0 Å². The smallest absolute Gasteiger partial charge is 0.164 e. The molecule has 0 bridgehead atoms. The molecule has 2 aromatic heterocycles. The van der Waals surface area contributed by atoms with Gasteiger partial charge in [0.15, 0.2) is 5.65 Å². The van der Waals surface area contributed by atoms with Gasteiger partial charge < -0.3 is 20.3 Å². The molecule has 1 radical (unpaired) electrons. The standard InChI is InChI=1S/C23H38N7O2Si/c1-15(28-31)18(24)13-30-20-17(11-25-30)19(26-21(27-20)22(2,3)4)29-10-9-16(12-29)32-14-33(8)23(5,6)7/h11,16,24,31H,9-10,12-14H2,1-8H3/b24-18?,28-15-/t16-/m0/s1. The Morgan fingerprint density at radius 3 is 2.58 bits per heavy atom. The fraction of sp³-hybridized carbons (Fsp3) is 0.696. The van der Waals surface area contributed by atoms with E-state index in [1.807, 2.05) is 0 Å². The van der Waals surface area contributed by atoms with Crippen LogP contribution in [-0.4, -0.2) is 70.6 Å². The summed E-state index contributed by atoms with van der Waals surface area (Å²) in [6.07, 6.45) is 3.80. The maximum absolute atomic E-state index is 9.01. The van der Waals surface area contributed by atoms with Crippen LogP contribution in [0.4, 0.5) is 5.82 Å². The Morgan fingerprint density at radius 2 is 1.97 bits per heavy atom. The van der Waals surface area contributed by atoms with E-state index in [9.17, 15) is 0 Å². The highest BCUT2D eigenvalue weighted by atomic mass is 28.3. The lowest BCUT2D eigenvalue weighted by Crippen LogP contribution is -2.32. The van der Waals surface area contributed by atoms with E-state index in [0.29, 0.717) is 10.7 Å². The fourth-order valence-electron chi connectivity index (χ4n) is 3.47. The molecule has 10 heteroatoms. The Hall–Kier alpha value is -2.33. The first-order valence-electron chi connectivity index (χ1n) is 11.5. The lowest BCUT2D eigenvalue weighted by molar-refractivity contribution is 0.0998. The number of nitrogens with one attached hydrogen (secondary N) is 1. The van der Waals surface area contributed by atoms with Crippen LogP contribution in [-0.2, 0) is 16.7 Å². The number of aromatic nitrogens is 4. The van der Waals surface area contributed by atoms with E-state index in [4.69, 9.17) is 25.3 Å². The quantitative estimate of drug-likeness (QED) is 0.272. The van der Waals surface area contributed by atoms with Crippen LogP contribution in [0.25, 0.3) is 11.0 Å². The summed E-state index contributed by atoms with van der Waals surface area (Å²) < 4.78 is 8.01. The molecule has 0 spiro atoms. The van der Waals surface area contributed by atoms with Crippen molar-refractivity contribution < 1.29 is 9.94 Å². The Bertz CT molecular complexity index is 1040. The van der Waals surface area contributed by atoms with E-state index in [-0.39, 0.29) is 29.5 Å². The summed E-state index contributed by atoms with van der Waals surface area (Å²) in [6, 6.07) is 0. The van der Waals surface area contributed by atoms with Gasteiger partial charge >= 0.3 is 0 Å². The minimum Gasteiger partial charge on any atom is -0.411 e. The molecule has 9 nitrogen and oxygen atoms in total. The highest BCUT2D eigenvalue weighted by Gasteiger charge is 2.31. The number of hydrogen-bond donors (Lipinski definition) is 2. The lowest BCUT2D eigenvalue weighted by atomic mass is 9.95. The molecular weight excluding hydrogens is 434 g/mol. The third-order valence-corrected chi connectivity index (χ3v) is 9.46. The second-order valence-electron chi connectivity index (χ2n) is 11.0. The van der Waals surface area contributed by atoms with Gasteiger partial charge in [0, 0.05) is 24.7 Å². The summed E-state index contributed by atoms with van der Waals surface area (Å²) in [4.78, 5) is 12.1. The molecule has 3 heterocycles. The molecule has 0 amide bonds. The molecule has 0 unspecified atom stereocenters. The third-order valence-electron chi connectivity index (χ3n) is 6.30. The van der Waals surface area contributed by atoms with Gasteiger partial charge in [0.1, 0.15) is 11.6 Å². The maximum Gasteiger partial charge on any atom is 0.164 e. The molecule has 0 aromatic carbocycles. The monoisotopic (exact) mass is 472 g/mol. The van der Waals surface area contributed by atoms with Crippen molar-refractivity contribution >= 4 is 37.1 Å². The van der Waals surface area contributed by atoms with Gasteiger partial charge in [-0.05, 0) is 18.4 Å². The van der Waals surface area contributed by atoms with Crippen LogP contribution in [0.15, 0.2) is 11.4 Å². The van der Waals surface area contributed by atoms with Crippen LogP contribution in [0.5, 0.6) is 0 Å². The molecule has 1 atom stereocenters. The normalized spacial score (nSPS) is 18.0. The predicted molar refractivity (Wildman–Crippen MR) is 135 cm³/mol. The first-order chi connectivity index (χ1) is 15.3. The second-order valence-corrected chi connectivity index (χ2v) is 14.4. The first-order valence-corrected chi connectivity index (χ1v) is 13.7. The van der Waals surface area contributed by atoms with Gasteiger partial charge in [0.2, 0.25) is 0 Å². The van der Waals surface area contributed by atoms with Crippen molar-refractivity contribution in [2.75, 3.05) is 24.2 Å². The number of nitrogens with zero attached hydrogens (tertiary/aromatic N) is 6. The number of ether oxygens (including phenoxy) is 1. The van der Waals surface area contributed by atoms with Crippen LogP contribution in [0.1, 0.15) is 60.7 Å². The van der Waals surface area contributed by atoms with Crippen molar-refractivity contribution in [1.82, 2.24) is 19.7 Å². The van der Waals surface area contributed by atoms with Gasteiger partial charge in [-0.25, -0.2) is 14.6 Å². The first kappa shape index (κ1) is 25.3.